The first-order valence-corrected chi connectivity index (χ1v) is 37.4. The van der Waals surface area contributed by atoms with Gasteiger partial charge in [0.1, 0.15) is 0 Å². The molecule has 0 amide bonds. The molecule has 518 valence electrons. The molecule has 0 radical (unpaired) electrons. The van der Waals surface area contributed by atoms with Crippen LogP contribution in [-0.4, -0.2) is 78.8 Å². The number of aryl methyl sites for hydroxylation is 7. The number of aliphatic imine (C=N–C) groups is 2. The van der Waals surface area contributed by atoms with Crippen LogP contribution in [0.3, 0.4) is 0 Å². The van der Waals surface area contributed by atoms with Gasteiger partial charge in [0, 0.05) is 131 Å². The molecule has 0 saturated carbocycles. The Kier molecular flexibility index (Phi) is 34.5. The van der Waals surface area contributed by atoms with Gasteiger partial charge in [-0.25, -0.2) is 14.8 Å². The van der Waals surface area contributed by atoms with E-state index < -0.39 is 5.97 Å². The zero-order chi connectivity index (χ0) is 72.1. The predicted octanol–water partition coefficient (Wildman–Crippen LogP) is 20.3. The SMILES string of the molecule is Cc1ccc(C(=O)CCCCC2=CCN=C2)cc1C#Cc1ccccc1.Cc1ccc(C(=O)CCCCC2=CCN=C2)cc1I.Cc1ccc(C(=O)CCCCn2ccnc2)cc1C#Cc1ccccc1.Cc1ccc(C(=O)CCCCn2ccnc2)cc1I.Cc1ccc(C(=O)O)cc1I. The minimum Gasteiger partial charge on any atom is -0.478 e. The van der Waals surface area contributed by atoms with Crippen LogP contribution in [0.25, 0.3) is 0 Å². The van der Waals surface area contributed by atoms with Gasteiger partial charge >= 0.3 is 5.97 Å². The predicted molar refractivity (Wildman–Crippen MR) is 435 cm³/mol. The average molecular weight is 1680 g/mol. The van der Waals surface area contributed by atoms with Gasteiger partial charge in [-0.05, 0) is 266 Å². The molecule has 0 spiro atoms. The van der Waals surface area contributed by atoms with Crippen LogP contribution in [0.4, 0.5) is 0 Å². The first-order chi connectivity index (χ1) is 48.9. The Morgan fingerprint density at radius 1 is 0.406 bits per heavy atom. The summed E-state index contributed by atoms with van der Waals surface area (Å²) in [4.78, 5) is 75.9. The van der Waals surface area contributed by atoms with E-state index >= 15 is 0 Å². The monoisotopic (exact) mass is 1680 g/mol. The molecule has 0 saturated heterocycles. The number of unbranched alkanes of at least 4 members (excludes halogenated alkanes) is 4. The topological polar surface area (TPSA) is 166 Å². The molecule has 0 unspecified atom stereocenters. The van der Waals surface area contributed by atoms with Gasteiger partial charge in [-0.1, -0.05) is 127 Å². The summed E-state index contributed by atoms with van der Waals surface area (Å²) in [5, 5.41) is 8.60. The second kappa shape index (κ2) is 43.8. The van der Waals surface area contributed by atoms with Crippen LogP contribution in [0, 0.1) is 69.0 Å². The molecule has 0 bridgehead atoms. The summed E-state index contributed by atoms with van der Waals surface area (Å²) in [6, 6.07) is 48.4. The molecule has 15 heteroatoms. The minimum atomic E-state index is -0.872. The fraction of sp³-hybridized carbons (Fsp3) is 0.267. The van der Waals surface area contributed by atoms with Crippen molar-refractivity contribution in [2.45, 2.75) is 138 Å². The number of hydrogen-bond donors (Lipinski definition) is 1. The molecule has 12 nitrogen and oxygen atoms in total. The van der Waals surface area contributed by atoms with Crippen molar-refractivity contribution >= 4 is 109 Å². The number of carbonyl (C=O) groups is 5. The first-order valence-electron chi connectivity index (χ1n) is 34.2. The second-order valence-electron chi connectivity index (χ2n) is 24.7. The van der Waals surface area contributed by atoms with E-state index in [2.05, 4.69) is 137 Å². The van der Waals surface area contributed by atoms with Crippen LogP contribution in [0.1, 0.15) is 192 Å². The number of hydrogen-bond acceptors (Lipinski definition) is 9. The molecular formula is C86H87I3N6O6. The number of allylic oxidation sites excluding steroid dienone is 2. The van der Waals surface area contributed by atoms with Gasteiger partial charge in [0.25, 0.3) is 0 Å². The van der Waals surface area contributed by atoms with Crippen molar-refractivity contribution in [3.8, 4) is 23.7 Å². The van der Waals surface area contributed by atoms with Gasteiger partial charge in [0.2, 0.25) is 0 Å². The number of carbonyl (C=O) groups excluding carboxylic acids is 4. The number of aromatic carboxylic acids is 1. The van der Waals surface area contributed by atoms with E-state index in [1.54, 1.807) is 30.9 Å². The molecule has 1 N–H and O–H groups in total. The van der Waals surface area contributed by atoms with E-state index in [0.29, 0.717) is 31.2 Å². The smallest absolute Gasteiger partial charge is 0.335 e. The maximum Gasteiger partial charge on any atom is 0.335 e. The summed E-state index contributed by atoms with van der Waals surface area (Å²) in [6.45, 7) is 13.6. The highest BCUT2D eigenvalue weighted by Crippen LogP contribution is 2.21. The van der Waals surface area contributed by atoms with Crippen LogP contribution in [-0.2, 0) is 13.1 Å². The number of Topliss-reactive ketones (excluding diaryl/α,β-unsaturated/α-hetero) is 4. The molecule has 0 atom stereocenters. The Bertz CT molecular complexity index is 4480. The summed E-state index contributed by atoms with van der Waals surface area (Å²) < 4.78 is 7.38. The molecule has 2 aromatic heterocycles. The van der Waals surface area contributed by atoms with Gasteiger partial charge in [0.05, 0.1) is 31.3 Å². The van der Waals surface area contributed by atoms with Crippen LogP contribution in [0.5, 0.6) is 0 Å². The number of halogens is 3. The quantitative estimate of drug-likeness (QED) is 0.0255. The normalized spacial score (nSPS) is 11.4. The van der Waals surface area contributed by atoms with Gasteiger partial charge in [0.15, 0.2) is 23.1 Å². The molecule has 11 rings (SSSR count). The van der Waals surface area contributed by atoms with Crippen LogP contribution in [0.15, 0.2) is 222 Å². The molecule has 101 heavy (non-hydrogen) atoms. The number of benzene rings is 7. The fourth-order valence-electron chi connectivity index (χ4n) is 10.4. The maximum absolute atomic E-state index is 12.5. The van der Waals surface area contributed by atoms with Crippen molar-refractivity contribution in [2.24, 2.45) is 9.98 Å². The molecule has 7 aromatic carbocycles. The van der Waals surface area contributed by atoms with Gasteiger partial charge in [-0.15, -0.1) is 0 Å². The lowest BCUT2D eigenvalue weighted by atomic mass is 9.99. The van der Waals surface area contributed by atoms with Crippen molar-refractivity contribution in [3.05, 3.63) is 301 Å². The zero-order valence-electron chi connectivity index (χ0n) is 58.2. The lowest BCUT2D eigenvalue weighted by Gasteiger charge is -2.05. The van der Waals surface area contributed by atoms with Gasteiger partial charge in [-0.3, -0.25) is 29.2 Å². The zero-order valence-corrected chi connectivity index (χ0v) is 64.7. The Morgan fingerprint density at radius 2 is 0.743 bits per heavy atom. The van der Waals surface area contributed by atoms with E-state index in [0.717, 1.165) is 162 Å². The van der Waals surface area contributed by atoms with Crippen LogP contribution in [0.2, 0.25) is 0 Å². The lowest BCUT2D eigenvalue weighted by Crippen LogP contribution is -2.02. The molecular weight excluding hydrogens is 1590 g/mol. The number of nitrogens with zero attached hydrogens (tertiary/aromatic N) is 6. The molecule has 4 heterocycles. The van der Waals surface area contributed by atoms with E-state index in [1.807, 2.05) is 201 Å². The van der Waals surface area contributed by atoms with Gasteiger partial charge < -0.3 is 14.2 Å². The molecule has 0 aliphatic carbocycles. The first kappa shape index (κ1) is 79.6. The number of imidazole rings is 2. The number of carboxylic acids is 1. The van der Waals surface area contributed by atoms with Crippen molar-refractivity contribution < 1.29 is 29.1 Å². The summed E-state index contributed by atoms with van der Waals surface area (Å²) in [7, 11) is 0. The van der Waals surface area contributed by atoms with E-state index in [-0.39, 0.29) is 23.1 Å². The number of ketones is 4. The maximum atomic E-state index is 12.5. The van der Waals surface area contributed by atoms with Gasteiger partial charge in [-0.2, -0.15) is 0 Å². The number of aromatic nitrogens is 4. The Hall–Kier alpha value is -8.76. The highest BCUT2D eigenvalue weighted by atomic mass is 127. The third-order valence-electron chi connectivity index (χ3n) is 16.7. The third-order valence-corrected chi connectivity index (χ3v) is 20.2. The lowest BCUT2D eigenvalue weighted by molar-refractivity contribution is 0.0695. The highest BCUT2D eigenvalue weighted by Gasteiger charge is 2.13. The molecule has 0 fully saturated rings. The number of carboxylic acid groups (broad SMARTS) is 1. The third kappa shape index (κ3) is 29.0. The van der Waals surface area contributed by atoms with Crippen LogP contribution >= 0.6 is 67.8 Å². The van der Waals surface area contributed by atoms with Crippen molar-refractivity contribution in [1.29, 1.82) is 0 Å². The summed E-state index contributed by atoms with van der Waals surface area (Å²) in [6.07, 6.45) is 31.4. The average Bonchev–Trinajstić information content (AvgIpc) is 1.21. The second-order valence-corrected chi connectivity index (χ2v) is 28.1. The van der Waals surface area contributed by atoms with Crippen molar-refractivity contribution in [2.75, 3.05) is 13.1 Å². The highest BCUT2D eigenvalue weighted by molar-refractivity contribution is 14.1. The van der Waals surface area contributed by atoms with E-state index in [4.69, 9.17) is 5.11 Å². The molecule has 2 aliphatic heterocycles. The van der Waals surface area contributed by atoms with Crippen molar-refractivity contribution in [3.63, 3.8) is 0 Å². The Balaban J connectivity index is 0.000000181. The Labute approximate surface area is 637 Å². The summed E-state index contributed by atoms with van der Waals surface area (Å²) >= 11 is 6.67. The summed E-state index contributed by atoms with van der Waals surface area (Å²) in [5.74, 6) is 12.7. The Morgan fingerprint density at radius 3 is 1.07 bits per heavy atom. The standard InChI is InChI=1S/C24H23NO.C23H22N2O.C16H18INO.C15H17IN2O.C8H7IO2/c1-19-11-13-23(17-22(19)14-12-20-7-3-2-4-8-20)24(26)10-6-5-9-21-15-16-25-18-21;1-19-10-12-22(17-21(19)13-11-20-7-3-2-4-8-20)23(26)9-5-6-15-25-16-14-24-18-25;1-12-6-7-14(10-15(12)17)16(19)5-3-2-4-13-8-9-18-11-13;1-12-5-6-13(10-14(12)16)15(19)4-2-3-8-18-9-7-17-11-18;1-5-2-3-6(8(10)11)4-7(5)9/h2-4,7-8,11,13,15,17-18H,5-6,9-10,16H2,1H3;2-4,7-8,10,12,14,16-18H,5-6,9,15H2,1H3;6-8,10-11H,2-5,9H2,1H3;5-7,9-11H,2-4,8H2,1H3;2-4H,1H3,(H,10,11). The summed E-state index contributed by atoms with van der Waals surface area (Å²) in [5.41, 5.74) is 15.7. The van der Waals surface area contributed by atoms with Crippen LogP contribution < -0.4 is 0 Å². The van der Waals surface area contributed by atoms with E-state index in [9.17, 15) is 24.0 Å². The fourth-order valence-corrected chi connectivity index (χ4v) is 11.9. The largest absolute Gasteiger partial charge is 0.478 e. The van der Waals surface area contributed by atoms with Crippen molar-refractivity contribution in [1.82, 2.24) is 19.1 Å². The molecule has 2 aliphatic rings. The van der Waals surface area contributed by atoms with E-state index in [1.165, 1.54) is 22.3 Å². The molecule has 9 aromatic rings. The number of rotatable bonds is 25. The minimum absolute atomic E-state index is 0.179.